The van der Waals surface area contributed by atoms with Gasteiger partial charge in [-0.25, -0.2) is 0 Å². The van der Waals surface area contributed by atoms with Gasteiger partial charge < -0.3 is 19.9 Å². The first-order valence-corrected chi connectivity index (χ1v) is 9.69. The molecule has 0 unspecified atom stereocenters. The Morgan fingerprint density at radius 3 is 2.70 bits per heavy atom. The Kier molecular flexibility index (Phi) is 5.01. The number of ether oxygens (including phenoxy) is 1. The van der Waals surface area contributed by atoms with Crippen LogP contribution in [0.3, 0.4) is 0 Å². The minimum Gasteiger partial charge on any atom is -0.484 e. The van der Waals surface area contributed by atoms with Crippen molar-refractivity contribution >= 4 is 17.7 Å². The highest BCUT2D eigenvalue weighted by molar-refractivity contribution is 5.95. The Hall–Kier alpha value is -2.57. The molecule has 1 aromatic carbocycles. The quantitative estimate of drug-likeness (QED) is 0.853. The molecule has 4 rings (SSSR count). The molecule has 144 valence electrons. The van der Waals surface area contributed by atoms with Crippen molar-refractivity contribution < 1.29 is 19.1 Å². The average molecular weight is 371 g/mol. The van der Waals surface area contributed by atoms with Crippen molar-refractivity contribution in [2.75, 3.05) is 39.3 Å². The zero-order valence-corrected chi connectivity index (χ0v) is 15.4. The van der Waals surface area contributed by atoms with Crippen LogP contribution in [-0.4, -0.2) is 66.9 Å². The third kappa shape index (κ3) is 3.77. The number of rotatable bonds is 4. The number of benzene rings is 1. The molecule has 3 aliphatic rings. The van der Waals surface area contributed by atoms with Crippen LogP contribution in [0.5, 0.6) is 5.75 Å². The molecule has 1 aromatic rings. The van der Waals surface area contributed by atoms with Crippen LogP contribution in [0, 0.1) is 11.8 Å². The molecule has 0 bridgehead atoms. The number of carbonyl (C=O) groups excluding carboxylic acids is 3. The van der Waals surface area contributed by atoms with Crippen molar-refractivity contribution in [1.82, 2.24) is 15.1 Å². The fourth-order valence-corrected chi connectivity index (χ4v) is 4.18. The van der Waals surface area contributed by atoms with Gasteiger partial charge in [-0.1, -0.05) is 6.07 Å². The van der Waals surface area contributed by atoms with Crippen LogP contribution >= 0.6 is 0 Å². The molecular weight excluding hydrogens is 346 g/mol. The van der Waals surface area contributed by atoms with Crippen LogP contribution in [-0.2, 0) is 9.59 Å². The smallest absolute Gasteiger partial charge is 0.260 e. The summed E-state index contributed by atoms with van der Waals surface area (Å²) in [6.07, 6.45) is 3.27. The molecule has 3 fully saturated rings. The summed E-state index contributed by atoms with van der Waals surface area (Å²) in [5.41, 5.74) is 0.526. The van der Waals surface area contributed by atoms with Gasteiger partial charge in [0.25, 0.3) is 11.8 Å². The molecule has 0 spiro atoms. The average Bonchev–Trinajstić information content (AvgIpc) is 3.28. The van der Waals surface area contributed by atoms with E-state index in [4.69, 9.17) is 4.74 Å². The molecule has 3 saturated heterocycles. The number of piperidine rings is 1. The molecule has 0 radical (unpaired) electrons. The van der Waals surface area contributed by atoms with Crippen LogP contribution in [0.1, 0.15) is 29.6 Å². The lowest BCUT2D eigenvalue weighted by molar-refractivity contribution is -0.134. The monoisotopic (exact) mass is 371 g/mol. The molecule has 2 atom stereocenters. The highest BCUT2D eigenvalue weighted by atomic mass is 16.5. The van der Waals surface area contributed by atoms with Gasteiger partial charge in [0.05, 0.1) is 5.92 Å². The molecule has 0 saturated carbocycles. The number of hydrogen-bond acceptors (Lipinski definition) is 4. The molecule has 27 heavy (non-hydrogen) atoms. The van der Waals surface area contributed by atoms with E-state index in [-0.39, 0.29) is 36.2 Å². The van der Waals surface area contributed by atoms with Crippen molar-refractivity contribution in [3.63, 3.8) is 0 Å². The lowest BCUT2D eigenvalue weighted by Crippen LogP contribution is -2.38. The summed E-state index contributed by atoms with van der Waals surface area (Å²) in [5.74, 6) is 0.584. The molecule has 0 aromatic heterocycles. The first-order valence-electron chi connectivity index (χ1n) is 9.69. The summed E-state index contributed by atoms with van der Waals surface area (Å²) in [4.78, 5) is 40.4. The van der Waals surface area contributed by atoms with Crippen LogP contribution in [0.15, 0.2) is 24.3 Å². The van der Waals surface area contributed by atoms with E-state index in [1.165, 1.54) is 6.42 Å². The second-order valence-corrected chi connectivity index (χ2v) is 7.58. The van der Waals surface area contributed by atoms with E-state index < -0.39 is 0 Å². The predicted octanol–water partition coefficient (Wildman–Crippen LogP) is 0.896. The normalized spacial score (nSPS) is 24.5. The fraction of sp³-hybridized carbons (Fsp3) is 0.550. The number of nitrogens with one attached hydrogen (secondary N) is 1. The molecular formula is C20H25N3O4. The maximum absolute atomic E-state index is 12.8. The van der Waals surface area contributed by atoms with E-state index in [2.05, 4.69) is 5.32 Å². The Morgan fingerprint density at radius 2 is 1.93 bits per heavy atom. The fourth-order valence-electron chi connectivity index (χ4n) is 4.18. The largest absolute Gasteiger partial charge is 0.484 e. The summed E-state index contributed by atoms with van der Waals surface area (Å²) in [6, 6.07) is 6.94. The first kappa shape index (κ1) is 17.8. The second kappa shape index (κ2) is 7.58. The van der Waals surface area contributed by atoms with Gasteiger partial charge in [0, 0.05) is 44.2 Å². The molecule has 1 N–H and O–H groups in total. The first-order chi connectivity index (χ1) is 13.1. The summed E-state index contributed by atoms with van der Waals surface area (Å²) < 4.78 is 5.64. The van der Waals surface area contributed by atoms with E-state index in [0.717, 1.165) is 25.9 Å². The maximum atomic E-state index is 12.8. The summed E-state index contributed by atoms with van der Waals surface area (Å²) >= 11 is 0. The second-order valence-electron chi connectivity index (χ2n) is 7.58. The molecule has 7 heteroatoms. The van der Waals surface area contributed by atoms with Gasteiger partial charge in [-0.05, 0) is 37.5 Å². The van der Waals surface area contributed by atoms with Gasteiger partial charge in [-0.2, -0.15) is 0 Å². The molecule has 0 aliphatic carbocycles. The zero-order valence-electron chi connectivity index (χ0n) is 15.4. The third-order valence-electron chi connectivity index (χ3n) is 5.76. The number of likely N-dealkylation sites (tertiary alicyclic amines) is 2. The lowest BCUT2D eigenvalue weighted by Gasteiger charge is -2.26. The van der Waals surface area contributed by atoms with E-state index in [1.54, 1.807) is 29.2 Å². The highest BCUT2D eigenvalue weighted by Crippen LogP contribution is 2.28. The SMILES string of the molecule is O=C1NC[C@H]2CN(C(=O)c3cccc(OCC(=O)N4CCCCC4)c3)C[C@@H]12. The van der Waals surface area contributed by atoms with Gasteiger partial charge in [0.1, 0.15) is 5.75 Å². The number of carbonyl (C=O) groups is 3. The molecule has 7 nitrogen and oxygen atoms in total. The van der Waals surface area contributed by atoms with Crippen molar-refractivity contribution in [2.24, 2.45) is 11.8 Å². The Morgan fingerprint density at radius 1 is 1.11 bits per heavy atom. The Labute approximate surface area is 158 Å². The minimum atomic E-state index is -0.0926. The Bertz CT molecular complexity index is 744. The highest BCUT2D eigenvalue weighted by Gasteiger charge is 2.43. The Balaban J connectivity index is 1.35. The minimum absolute atomic E-state index is 0.00826. The molecule has 3 aliphatic heterocycles. The lowest BCUT2D eigenvalue weighted by atomic mass is 10.0. The van der Waals surface area contributed by atoms with Gasteiger partial charge >= 0.3 is 0 Å². The molecule has 3 amide bonds. The van der Waals surface area contributed by atoms with E-state index in [9.17, 15) is 14.4 Å². The number of nitrogens with zero attached hydrogens (tertiary/aromatic N) is 2. The van der Waals surface area contributed by atoms with Crippen LogP contribution in [0.25, 0.3) is 0 Å². The van der Waals surface area contributed by atoms with Crippen LogP contribution in [0.2, 0.25) is 0 Å². The maximum Gasteiger partial charge on any atom is 0.260 e. The van der Waals surface area contributed by atoms with Crippen LogP contribution < -0.4 is 10.1 Å². The summed E-state index contributed by atoms with van der Waals surface area (Å²) in [5, 5.41) is 2.85. The number of fused-ring (bicyclic) bond motifs is 1. The van der Waals surface area contributed by atoms with Gasteiger partial charge in [-0.15, -0.1) is 0 Å². The zero-order chi connectivity index (χ0) is 18.8. The van der Waals surface area contributed by atoms with E-state index in [0.29, 0.717) is 30.9 Å². The summed E-state index contributed by atoms with van der Waals surface area (Å²) in [6.45, 7) is 3.30. The topological polar surface area (TPSA) is 79.0 Å². The van der Waals surface area contributed by atoms with Crippen molar-refractivity contribution in [3.05, 3.63) is 29.8 Å². The van der Waals surface area contributed by atoms with Crippen molar-refractivity contribution in [1.29, 1.82) is 0 Å². The van der Waals surface area contributed by atoms with Gasteiger partial charge in [0.15, 0.2) is 6.61 Å². The van der Waals surface area contributed by atoms with Crippen LogP contribution in [0.4, 0.5) is 0 Å². The van der Waals surface area contributed by atoms with Gasteiger partial charge in [0.2, 0.25) is 5.91 Å². The van der Waals surface area contributed by atoms with Crippen molar-refractivity contribution in [3.8, 4) is 5.75 Å². The van der Waals surface area contributed by atoms with Crippen molar-refractivity contribution in [2.45, 2.75) is 19.3 Å². The van der Waals surface area contributed by atoms with E-state index in [1.807, 2.05) is 4.90 Å². The van der Waals surface area contributed by atoms with E-state index >= 15 is 0 Å². The third-order valence-corrected chi connectivity index (χ3v) is 5.76. The standard InChI is InChI=1S/C20H25N3O4/c24-18(22-7-2-1-3-8-22)13-27-16-6-4-5-14(9-16)20(26)23-11-15-10-21-19(25)17(15)12-23/h4-6,9,15,17H,1-3,7-8,10-13H2,(H,21,25)/t15-,17+/m0/s1. The number of hydrogen-bond donors (Lipinski definition) is 1. The summed E-state index contributed by atoms with van der Waals surface area (Å²) in [7, 11) is 0. The molecule has 3 heterocycles. The number of amides is 3. The predicted molar refractivity (Wildman–Crippen MR) is 98.3 cm³/mol. The van der Waals surface area contributed by atoms with Gasteiger partial charge in [-0.3, -0.25) is 14.4 Å².